The topological polar surface area (TPSA) is 162 Å². The second-order valence-electron chi connectivity index (χ2n) is 10.3. The number of H-pyrrole nitrogens is 1. The van der Waals surface area contributed by atoms with Crippen molar-refractivity contribution in [2.75, 3.05) is 40.6 Å². The number of rotatable bonds is 14. The van der Waals surface area contributed by atoms with Crippen molar-refractivity contribution in [1.82, 2.24) is 29.9 Å². The predicted molar refractivity (Wildman–Crippen MR) is 189 cm³/mol. The molecule has 4 aromatic rings. The number of nitrogens with one attached hydrogen (secondary N) is 1. The first-order valence-electron chi connectivity index (χ1n) is 15.1. The van der Waals surface area contributed by atoms with E-state index in [2.05, 4.69) is 30.0 Å². The number of methoxy groups -OCH3 is 2. The maximum Gasteiger partial charge on any atom is 0.384 e. The van der Waals surface area contributed by atoms with Gasteiger partial charge in [-0.05, 0) is 64.1 Å². The van der Waals surface area contributed by atoms with Crippen LogP contribution in [0.2, 0.25) is 10.0 Å². The van der Waals surface area contributed by atoms with Gasteiger partial charge in [0, 0.05) is 53.6 Å². The highest BCUT2D eigenvalue weighted by atomic mass is 35.5. The van der Waals surface area contributed by atoms with Gasteiger partial charge in [-0.2, -0.15) is 5.10 Å². The van der Waals surface area contributed by atoms with Crippen LogP contribution in [-0.4, -0.2) is 94.7 Å². The Morgan fingerprint density at radius 2 is 1.44 bits per heavy atom. The number of benzene rings is 2. The summed E-state index contributed by atoms with van der Waals surface area (Å²) >= 11 is 12.1. The minimum absolute atomic E-state index is 0.112. The van der Waals surface area contributed by atoms with Gasteiger partial charge in [-0.1, -0.05) is 23.2 Å². The molecule has 0 fully saturated rings. The number of halogens is 2. The van der Waals surface area contributed by atoms with Gasteiger partial charge in [-0.25, -0.2) is 24.2 Å². The van der Waals surface area contributed by atoms with Crippen LogP contribution >= 0.6 is 23.2 Å². The van der Waals surface area contributed by atoms with Gasteiger partial charge in [0.25, 0.3) is 0 Å². The van der Waals surface area contributed by atoms with Gasteiger partial charge >= 0.3 is 11.9 Å². The van der Waals surface area contributed by atoms with Gasteiger partial charge in [-0.15, -0.1) is 11.5 Å². The fourth-order valence-corrected chi connectivity index (χ4v) is 3.97. The van der Waals surface area contributed by atoms with E-state index < -0.39 is 11.9 Å². The Balaban J connectivity index is 0.000000298. The third-order valence-electron chi connectivity index (χ3n) is 5.49. The first-order chi connectivity index (χ1) is 23.9. The van der Waals surface area contributed by atoms with E-state index in [-0.39, 0.29) is 12.2 Å². The predicted octanol–water partition coefficient (Wildman–Crippen LogP) is 5.77. The number of nitrogens with zero attached hydrogens (tertiary/aromatic N) is 5. The molecule has 0 radical (unpaired) electrons. The molecule has 16 heteroatoms. The summed E-state index contributed by atoms with van der Waals surface area (Å²) in [6.45, 7) is 8.96. The maximum atomic E-state index is 11.5. The molecule has 0 atom stereocenters. The molecule has 0 aliphatic carbocycles. The minimum atomic E-state index is -0.597. The second kappa shape index (κ2) is 22.6. The van der Waals surface area contributed by atoms with Gasteiger partial charge in [-0.3, -0.25) is 5.10 Å². The molecule has 0 amide bonds. The van der Waals surface area contributed by atoms with Crippen molar-refractivity contribution in [3.63, 3.8) is 0 Å². The fraction of sp³-hybridized carbons (Fsp3) is 0.353. The molecule has 0 aliphatic heterocycles. The Bertz CT molecular complexity index is 1690. The number of aromatic amines is 1. The SMILES string of the molecule is C#CC(=O)OC(C)C.COCCOc1cc(Cl)cc(-c2ncn(/C=C\C(=O)OC(C)C)n2)c1.COCCOc1cc(Cl)cc(-c2ncn[nH]2)c1. The molecule has 0 unspecified atom stereocenters. The molecule has 2 aromatic carbocycles. The molecule has 2 aromatic heterocycles. The van der Waals surface area contributed by atoms with E-state index in [1.165, 1.54) is 29.6 Å². The summed E-state index contributed by atoms with van der Waals surface area (Å²) in [5.41, 5.74) is 1.54. The van der Waals surface area contributed by atoms with Crippen molar-refractivity contribution in [3.05, 3.63) is 65.2 Å². The lowest BCUT2D eigenvalue weighted by Crippen LogP contribution is -2.08. The van der Waals surface area contributed by atoms with Crippen LogP contribution < -0.4 is 9.47 Å². The number of carbonyl (C=O) groups excluding carboxylic acids is 2. The standard InChI is InChI=1S/C17H20ClN3O4.C11H12ClN3O2.C6H8O2/c1-12(2)25-16(22)4-5-21-11-19-17(20-21)13-8-14(18)10-15(9-13)24-7-6-23-3;1-16-2-3-17-10-5-8(4-9(12)6-10)11-13-7-14-15-11;1-4-6(7)8-5(2)3/h4-5,8-12H,6-7H2,1-3H3;4-7H,2-3H2,1H3,(H,13,14,15);1,5H,2-3H3/b5-4-;;. The molecule has 0 saturated carbocycles. The third-order valence-corrected chi connectivity index (χ3v) is 5.92. The molecule has 4 rings (SSSR count). The zero-order valence-corrected chi connectivity index (χ0v) is 30.1. The van der Waals surface area contributed by atoms with Crippen molar-refractivity contribution in [3.8, 4) is 46.6 Å². The largest absolute Gasteiger partial charge is 0.491 e. The Hall–Kier alpha value is -4.94. The van der Waals surface area contributed by atoms with E-state index in [0.29, 0.717) is 65.2 Å². The third kappa shape index (κ3) is 16.4. The molecule has 0 spiro atoms. The van der Waals surface area contributed by atoms with Crippen LogP contribution in [-0.2, 0) is 28.5 Å². The van der Waals surface area contributed by atoms with Gasteiger partial charge in [0.05, 0.1) is 25.4 Å². The number of hydrogen-bond donors (Lipinski definition) is 1. The van der Waals surface area contributed by atoms with Crippen molar-refractivity contribution in [1.29, 1.82) is 0 Å². The highest BCUT2D eigenvalue weighted by Crippen LogP contribution is 2.27. The smallest absolute Gasteiger partial charge is 0.384 e. The molecule has 14 nitrogen and oxygen atoms in total. The van der Waals surface area contributed by atoms with Crippen molar-refractivity contribution in [2.24, 2.45) is 0 Å². The van der Waals surface area contributed by atoms with Crippen molar-refractivity contribution in [2.45, 2.75) is 39.9 Å². The van der Waals surface area contributed by atoms with Crippen LogP contribution in [0.25, 0.3) is 29.0 Å². The lowest BCUT2D eigenvalue weighted by molar-refractivity contribution is -0.141. The van der Waals surface area contributed by atoms with Crippen LogP contribution in [0.1, 0.15) is 27.7 Å². The van der Waals surface area contributed by atoms with Gasteiger partial charge in [0.2, 0.25) is 0 Å². The van der Waals surface area contributed by atoms with Crippen LogP contribution in [0.5, 0.6) is 11.5 Å². The highest BCUT2D eigenvalue weighted by Gasteiger charge is 2.09. The second-order valence-corrected chi connectivity index (χ2v) is 11.2. The average Bonchev–Trinajstić information content (AvgIpc) is 3.77. The Morgan fingerprint density at radius 3 is 1.94 bits per heavy atom. The average molecular weight is 732 g/mol. The van der Waals surface area contributed by atoms with Gasteiger partial charge in [0.15, 0.2) is 11.6 Å². The Labute approximate surface area is 301 Å². The number of carbonyl (C=O) groups is 2. The summed E-state index contributed by atoms with van der Waals surface area (Å²) in [4.78, 5) is 29.9. The molecule has 1 N–H and O–H groups in total. The molecule has 2 heterocycles. The van der Waals surface area contributed by atoms with Crippen molar-refractivity contribution >= 4 is 41.3 Å². The maximum absolute atomic E-state index is 11.5. The monoisotopic (exact) mass is 730 g/mol. The lowest BCUT2D eigenvalue weighted by atomic mass is 10.2. The summed E-state index contributed by atoms with van der Waals surface area (Å²) in [6.07, 6.45) is 10.1. The minimum Gasteiger partial charge on any atom is -0.491 e. The fourth-order valence-electron chi connectivity index (χ4n) is 3.52. The summed E-state index contributed by atoms with van der Waals surface area (Å²) in [5, 5.41) is 12.0. The molecule has 268 valence electrons. The molecular weight excluding hydrogens is 691 g/mol. The number of esters is 2. The van der Waals surface area contributed by atoms with Crippen LogP contribution in [0.15, 0.2) is 55.1 Å². The molecule has 0 aliphatic rings. The summed E-state index contributed by atoms with van der Waals surface area (Å²) < 4.78 is 31.9. The van der Waals surface area contributed by atoms with E-state index >= 15 is 0 Å². The zero-order valence-electron chi connectivity index (χ0n) is 28.6. The Kier molecular flexibility index (Phi) is 18.7. The molecule has 0 bridgehead atoms. The first kappa shape index (κ1) is 41.2. The van der Waals surface area contributed by atoms with Gasteiger partial charge in [0.1, 0.15) is 37.4 Å². The van der Waals surface area contributed by atoms with E-state index in [9.17, 15) is 9.59 Å². The number of ether oxygens (including phenoxy) is 6. The van der Waals surface area contributed by atoms with E-state index in [1.54, 1.807) is 72.2 Å². The normalized spacial score (nSPS) is 10.5. The zero-order chi connectivity index (χ0) is 36.9. The van der Waals surface area contributed by atoms with Crippen LogP contribution in [0.4, 0.5) is 0 Å². The lowest BCUT2D eigenvalue weighted by Gasteiger charge is -2.07. The first-order valence-corrected chi connectivity index (χ1v) is 15.9. The molecule has 0 saturated heterocycles. The quantitative estimate of drug-likeness (QED) is 0.0549. The van der Waals surface area contributed by atoms with Crippen molar-refractivity contribution < 1.29 is 38.0 Å². The highest BCUT2D eigenvalue weighted by molar-refractivity contribution is 6.31. The number of aromatic nitrogens is 6. The molecule has 50 heavy (non-hydrogen) atoms. The molecular formula is C34H40Cl2N6O8. The van der Waals surface area contributed by atoms with E-state index in [0.717, 1.165) is 5.56 Å². The van der Waals surface area contributed by atoms with Crippen LogP contribution in [0.3, 0.4) is 0 Å². The summed E-state index contributed by atoms with van der Waals surface area (Å²) in [5.74, 6) is 3.20. The summed E-state index contributed by atoms with van der Waals surface area (Å²) in [7, 11) is 3.23. The van der Waals surface area contributed by atoms with E-state index in [4.69, 9.17) is 53.3 Å². The number of hydrogen-bond acceptors (Lipinski definition) is 12. The van der Waals surface area contributed by atoms with E-state index in [1.807, 2.05) is 12.0 Å². The van der Waals surface area contributed by atoms with Gasteiger partial charge < -0.3 is 28.4 Å². The summed E-state index contributed by atoms with van der Waals surface area (Å²) in [6, 6.07) is 10.6. The number of terminal acetylenes is 1. The van der Waals surface area contributed by atoms with Crippen LogP contribution in [0, 0.1) is 12.3 Å². The Morgan fingerprint density at radius 1 is 0.860 bits per heavy atom.